The molecular formula is C22H22N4O5. The van der Waals surface area contributed by atoms with Crippen LogP contribution in [-0.2, 0) is 9.59 Å². The number of methoxy groups -OCH3 is 3. The van der Waals surface area contributed by atoms with Gasteiger partial charge in [0.05, 0.1) is 39.6 Å². The molecule has 1 aromatic heterocycles. The Morgan fingerprint density at radius 1 is 1.06 bits per heavy atom. The van der Waals surface area contributed by atoms with E-state index in [9.17, 15) is 9.59 Å². The van der Waals surface area contributed by atoms with Crippen LogP contribution < -0.4 is 24.8 Å². The van der Waals surface area contributed by atoms with Crippen LogP contribution in [0, 0.1) is 0 Å². The van der Waals surface area contributed by atoms with E-state index < -0.39 is 11.9 Å². The summed E-state index contributed by atoms with van der Waals surface area (Å²) in [6.07, 6.45) is 1.57. The van der Waals surface area contributed by atoms with Crippen molar-refractivity contribution in [1.82, 2.24) is 9.78 Å². The lowest BCUT2D eigenvalue weighted by Gasteiger charge is -2.25. The Bertz CT molecular complexity index is 1140. The van der Waals surface area contributed by atoms with E-state index in [1.54, 1.807) is 31.5 Å². The number of amides is 2. The maximum atomic E-state index is 13.1. The molecule has 160 valence electrons. The van der Waals surface area contributed by atoms with Crippen LogP contribution in [0.4, 0.5) is 11.5 Å². The second-order valence-corrected chi connectivity index (χ2v) is 6.88. The number of carbonyl (C=O) groups excluding carboxylic acids is 2. The number of nitrogens with zero attached hydrogens (tertiary/aromatic N) is 2. The topological polar surface area (TPSA) is 104 Å². The van der Waals surface area contributed by atoms with Gasteiger partial charge in [0.15, 0.2) is 0 Å². The maximum absolute atomic E-state index is 13.1. The molecule has 0 radical (unpaired) electrons. The quantitative estimate of drug-likeness (QED) is 0.633. The molecule has 0 bridgehead atoms. The summed E-state index contributed by atoms with van der Waals surface area (Å²) in [4.78, 5) is 25.6. The van der Waals surface area contributed by atoms with Crippen LogP contribution >= 0.6 is 0 Å². The van der Waals surface area contributed by atoms with E-state index in [0.29, 0.717) is 34.3 Å². The Kier molecular flexibility index (Phi) is 5.48. The van der Waals surface area contributed by atoms with Gasteiger partial charge in [-0.25, -0.2) is 4.68 Å². The van der Waals surface area contributed by atoms with Crippen LogP contribution in [-0.4, -0.2) is 42.9 Å². The molecule has 3 aromatic rings. The number of rotatable bonds is 6. The third-order valence-corrected chi connectivity index (χ3v) is 5.09. The van der Waals surface area contributed by atoms with Gasteiger partial charge in [-0.15, -0.1) is 0 Å². The van der Waals surface area contributed by atoms with Gasteiger partial charge in [-0.1, -0.05) is 18.2 Å². The van der Waals surface area contributed by atoms with Crippen LogP contribution in [0.2, 0.25) is 0 Å². The Balaban J connectivity index is 1.69. The lowest BCUT2D eigenvalue weighted by molar-refractivity contribution is -0.125. The fourth-order valence-electron chi connectivity index (χ4n) is 3.56. The lowest BCUT2D eigenvalue weighted by Crippen LogP contribution is -2.36. The molecular weight excluding hydrogens is 400 g/mol. The fourth-order valence-corrected chi connectivity index (χ4v) is 3.56. The minimum absolute atomic E-state index is 0.0435. The van der Waals surface area contributed by atoms with Gasteiger partial charge in [0.2, 0.25) is 11.8 Å². The highest BCUT2D eigenvalue weighted by atomic mass is 16.5. The predicted octanol–water partition coefficient (Wildman–Crippen LogP) is 3.10. The summed E-state index contributed by atoms with van der Waals surface area (Å²) >= 11 is 0. The molecule has 2 aromatic carbocycles. The van der Waals surface area contributed by atoms with Crippen molar-refractivity contribution in [3.8, 4) is 28.4 Å². The summed E-state index contributed by atoms with van der Waals surface area (Å²) in [6, 6.07) is 11.7. The van der Waals surface area contributed by atoms with E-state index in [1.165, 1.54) is 18.9 Å². The van der Waals surface area contributed by atoms with Crippen molar-refractivity contribution >= 4 is 23.3 Å². The number of para-hydroxylation sites is 1. The number of anilines is 2. The predicted molar refractivity (Wildman–Crippen MR) is 115 cm³/mol. The van der Waals surface area contributed by atoms with E-state index in [2.05, 4.69) is 15.7 Å². The first-order chi connectivity index (χ1) is 15.0. The molecule has 0 aliphatic carbocycles. The highest BCUT2D eigenvalue weighted by molar-refractivity contribution is 6.03. The first-order valence-corrected chi connectivity index (χ1v) is 9.59. The molecule has 2 amide bonds. The van der Waals surface area contributed by atoms with E-state index in [-0.39, 0.29) is 12.3 Å². The Labute approximate surface area is 178 Å². The minimum atomic E-state index is -0.830. The van der Waals surface area contributed by atoms with Crippen LogP contribution in [0.1, 0.15) is 12.5 Å². The molecule has 2 heterocycles. The number of aromatic nitrogens is 2. The maximum Gasteiger partial charge on any atom is 0.249 e. The van der Waals surface area contributed by atoms with E-state index >= 15 is 0 Å². The van der Waals surface area contributed by atoms with Gasteiger partial charge < -0.3 is 24.8 Å². The zero-order valence-electron chi connectivity index (χ0n) is 17.3. The van der Waals surface area contributed by atoms with Crippen molar-refractivity contribution in [2.24, 2.45) is 0 Å². The van der Waals surface area contributed by atoms with Gasteiger partial charge in [-0.3, -0.25) is 9.59 Å². The average molecular weight is 422 g/mol. The molecule has 1 aliphatic rings. The number of hydrogen-bond acceptors (Lipinski definition) is 6. The van der Waals surface area contributed by atoms with Gasteiger partial charge in [0, 0.05) is 17.2 Å². The van der Waals surface area contributed by atoms with Crippen LogP contribution in [0.3, 0.4) is 0 Å². The number of nitrogens with one attached hydrogen (secondary N) is 2. The highest BCUT2D eigenvalue weighted by Crippen LogP contribution is 2.39. The average Bonchev–Trinajstić information content (AvgIpc) is 3.21. The van der Waals surface area contributed by atoms with Crippen molar-refractivity contribution in [2.45, 2.75) is 12.5 Å². The standard InChI is InChI=1S/C22H22N4O5/c1-29-13-8-9-19(31-3)16(10-13)24-22(28)17-11-20(27)25-21-15(12-23-26(17)21)14-6-4-5-7-18(14)30-2/h4-10,12,17H,11H2,1-3H3,(H,24,28)(H,25,27)/t17-/m1/s1. The van der Waals surface area contributed by atoms with Crippen molar-refractivity contribution < 1.29 is 23.8 Å². The Morgan fingerprint density at radius 3 is 2.58 bits per heavy atom. The number of fused-ring (bicyclic) bond motifs is 1. The first kappa shape index (κ1) is 20.3. The largest absolute Gasteiger partial charge is 0.497 e. The molecule has 9 nitrogen and oxygen atoms in total. The van der Waals surface area contributed by atoms with Gasteiger partial charge in [-0.05, 0) is 18.2 Å². The number of ether oxygens (including phenoxy) is 3. The van der Waals surface area contributed by atoms with Crippen molar-refractivity contribution in [3.05, 3.63) is 48.7 Å². The summed E-state index contributed by atoms with van der Waals surface area (Å²) < 4.78 is 17.5. The second kappa shape index (κ2) is 8.39. The Hall–Kier alpha value is -4.01. The molecule has 0 saturated carbocycles. The van der Waals surface area contributed by atoms with Gasteiger partial charge in [0.1, 0.15) is 29.1 Å². The number of benzene rings is 2. The van der Waals surface area contributed by atoms with Gasteiger partial charge in [0.25, 0.3) is 0 Å². The summed E-state index contributed by atoms with van der Waals surface area (Å²) in [5, 5.41) is 10.1. The van der Waals surface area contributed by atoms with Crippen molar-refractivity contribution in [1.29, 1.82) is 0 Å². The third kappa shape index (κ3) is 3.77. The van der Waals surface area contributed by atoms with Gasteiger partial charge in [-0.2, -0.15) is 5.10 Å². The number of hydrogen-bond donors (Lipinski definition) is 2. The van der Waals surface area contributed by atoms with E-state index in [1.807, 2.05) is 24.3 Å². The Morgan fingerprint density at radius 2 is 1.84 bits per heavy atom. The van der Waals surface area contributed by atoms with Crippen LogP contribution in [0.5, 0.6) is 17.2 Å². The van der Waals surface area contributed by atoms with Crippen molar-refractivity contribution in [2.75, 3.05) is 32.0 Å². The molecule has 9 heteroatoms. The molecule has 31 heavy (non-hydrogen) atoms. The summed E-state index contributed by atoms with van der Waals surface area (Å²) in [6.45, 7) is 0. The monoisotopic (exact) mass is 422 g/mol. The zero-order chi connectivity index (χ0) is 22.0. The molecule has 0 fully saturated rings. The smallest absolute Gasteiger partial charge is 0.249 e. The molecule has 4 rings (SSSR count). The van der Waals surface area contributed by atoms with E-state index in [0.717, 1.165) is 5.56 Å². The fraction of sp³-hybridized carbons (Fsp3) is 0.227. The van der Waals surface area contributed by atoms with Crippen LogP contribution in [0.15, 0.2) is 48.7 Å². The van der Waals surface area contributed by atoms with Gasteiger partial charge >= 0.3 is 0 Å². The summed E-state index contributed by atoms with van der Waals surface area (Å²) in [5.41, 5.74) is 1.88. The molecule has 0 unspecified atom stereocenters. The third-order valence-electron chi connectivity index (χ3n) is 5.09. The number of carbonyl (C=O) groups is 2. The SMILES string of the molecule is COc1ccc(OC)c(NC(=O)[C@H]2CC(=O)Nc3c(-c4ccccc4OC)cnn32)c1. The lowest BCUT2D eigenvalue weighted by atomic mass is 10.1. The normalized spacial score (nSPS) is 14.9. The zero-order valence-corrected chi connectivity index (χ0v) is 17.3. The first-order valence-electron chi connectivity index (χ1n) is 9.59. The van der Waals surface area contributed by atoms with Crippen molar-refractivity contribution in [3.63, 3.8) is 0 Å². The second-order valence-electron chi connectivity index (χ2n) is 6.88. The molecule has 0 spiro atoms. The molecule has 1 aliphatic heterocycles. The molecule has 1 atom stereocenters. The summed E-state index contributed by atoms with van der Waals surface area (Å²) in [7, 11) is 4.62. The molecule has 0 saturated heterocycles. The minimum Gasteiger partial charge on any atom is -0.497 e. The molecule has 2 N–H and O–H groups in total. The van der Waals surface area contributed by atoms with Crippen LogP contribution in [0.25, 0.3) is 11.1 Å². The van der Waals surface area contributed by atoms with E-state index in [4.69, 9.17) is 14.2 Å². The summed E-state index contributed by atoms with van der Waals surface area (Å²) in [5.74, 6) is 1.46. The highest BCUT2D eigenvalue weighted by Gasteiger charge is 2.34.